The predicted octanol–water partition coefficient (Wildman–Crippen LogP) is 1.47. The average molecular weight is 251 g/mol. The van der Waals surface area contributed by atoms with E-state index in [-0.39, 0.29) is 5.91 Å². The van der Waals surface area contributed by atoms with Crippen LogP contribution in [0.4, 0.5) is 5.82 Å². The summed E-state index contributed by atoms with van der Waals surface area (Å²) in [5, 5.41) is 18.5. The van der Waals surface area contributed by atoms with Crippen molar-refractivity contribution in [1.29, 1.82) is 0 Å². The van der Waals surface area contributed by atoms with Gasteiger partial charge in [-0.3, -0.25) is 14.7 Å². The molecule has 1 aromatic heterocycles. The third-order valence-corrected chi connectivity index (χ3v) is 3.66. The van der Waals surface area contributed by atoms with E-state index in [0.29, 0.717) is 18.7 Å². The summed E-state index contributed by atoms with van der Waals surface area (Å²) >= 11 is 0. The van der Waals surface area contributed by atoms with Gasteiger partial charge in [0, 0.05) is 11.3 Å². The van der Waals surface area contributed by atoms with E-state index in [1.165, 1.54) is 0 Å². The second-order valence-electron chi connectivity index (χ2n) is 4.79. The summed E-state index contributed by atoms with van der Waals surface area (Å²) in [6.45, 7) is 3.73. The number of carboxylic acid groups (broad SMARTS) is 1. The summed E-state index contributed by atoms with van der Waals surface area (Å²) in [5.41, 5.74) is 1.78. The molecule has 1 amide bonds. The van der Waals surface area contributed by atoms with Crippen molar-refractivity contribution in [1.82, 2.24) is 10.2 Å². The van der Waals surface area contributed by atoms with E-state index < -0.39 is 17.8 Å². The molecular weight excluding hydrogens is 234 g/mol. The summed E-state index contributed by atoms with van der Waals surface area (Å²) in [7, 11) is 0. The smallest absolute Gasteiger partial charge is 0.307 e. The van der Waals surface area contributed by atoms with Gasteiger partial charge in [-0.25, -0.2) is 0 Å². The number of H-pyrrole nitrogens is 1. The SMILES string of the molecule is Cc1[nH]nc(NC(=O)C2CCCC2C(=O)O)c1C. The van der Waals surface area contributed by atoms with Gasteiger partial charge < -0.3 is 10.4 Å². The molecule has 1 saturated carbocycles. The van der Waals surface area contributed by atoms with Gasteiger partial charge in [-0.2, -0.15) is 5.10 Å². The van der Waals surface area contributed by atoms with Crippen LogP contribution in [0.3, 0.4) is 0 Å². The number of carbonyl (C=O) groups is 2. The Labute approximate surface area is 105 Å². The molecule has 1 fully saturated rings. The number of aromatic nitrogens is 2. The molecule has 2 unspecified atom stereocenters. The minimum Gasteiger partial charge on any atom is -0.481 e. The summed E-state index contributed by atoms with van der Waals surface area (Å²) in [4.78, 5) is 23.1. The minimum absolute atomic E-state index is 0.241. The molecule has 0 spiro atoms. The number of aliphatic carboxylic acids is 1. The predicted molar refractivity (Wildman–Crippen MR) is 65.2 cm³/mol. The zero-order valence-electron chi connectivity index (χ0n) is 10.5. The van der Waals surface area contributed by atoms with Crippen molar-refractivity contribution in [2.24, 2.45) is 11.8 Å². The van der Waals surface area contributed by atoms with Crippen molar-refractivity contribution in [2.75, 3.05) is 5.32 Å². The fraction of sp³-hybridized carbons (Fsp3) is 0.583. The van der Waals surface area contributed by atoms with Crippen LogP contribution in [-0.2, 0) is 9.59 Å². The minimum atomic E-state index is -0.886. The molecule has 3 N–H and O–H groups in total. The summed E-state index contributed by atoms with van der Waals surface area (Å²) in [6.07, 6.45) is 1.99. The highest BCUT2D eigenvalue weighted by atomic mass is 16.4. The third kappa shape index (κ3) is 2.23. The maximum atomic E-state index is 12.1. The highest BCUT2D eigenvalue weighted by Crippen LogP contribution is 2.33. The molecule has 0 aliphatic heterocycles. The first-order valence-electron chi connectivity index (χ1n) is 6.06. The van der Waals surface area contributed by atoms with Crippen LogP contribution in [0, 0.1) is 25.7 Å². The lowest BCUT2D eigenvalue weighted by atomic mass is 9.95. The van der Waals surface area contributed by atoms with Crippen molar-refractivity contribution < 1.29 is 14.7 Å². The van der Waals surface area contributed by atoms with Crippen LogP contribution in [0.1, 0.15) is 30.5 Å². The van der Waals surface area contributed by atoms with E-state index in [4.69, 9.17) is 5.11 Å². The number of nitrogens with zero attached hydrogens (tertiary/aromatic N) is 1. The Morgan fingerprint density at radius 3 is 2.56 bits per heavy atom. The molecule has 0 aromatic carbocycles. The average Bonchev–Trinajstić information content (AvgIpc) is 2.91. The van der Waals surface area contributed by atoms with Gasteiger partial charge in [0.05, 0.1) is 11.8 Å². The van der Waals surface area contributed by atoms with Gasteiger partial charge in [-0.05, 0) is 26.7 Å². The molecule has 1 aliphatic rings. The third-order valence-electron chi connectivity index (χ3n) is 3.66. The number of nitrogens with one attached hydrogen (secondary N) is 2. The zero-order chi connectivity index (χ0) is 13.3. The summed E-state index contributed by atoms with van der Waals surface area (Å²) in [6, 6.07) is 0. The first-order chi connectivity index (χ1) is 8.50. The molecule has 1 aliphatic carbocycles. The summed E-state index contributed by atoms with van der Waals surface area (Å²) in [5.74, 6) is -1.64. The van der Waals surface area contributed by atoms with Gasteiger partial charge in [0.25, 0.3) is 0 Å². The van der Waals surface area contributed by atoms with Crippen LogP contribution in [-0.4, -0.2) is 27.2 Å². The number of rotatable bonds is 3. The molecule has 2 atom stereocenters. The zero-order valence-corrected chi connectivity index (χ0v) is 10.5. The lowest BCUT2D eigenvalue weighted by molar-refractivity contribution is -0.145. The number of carboxylic acids is 1. The number of amides is 1. The first kappa shape index (κ1) is 12.6. The van der Waals surface area contributed by atoms with E-state index in [1.54, 1.807) is 0 Å². The van der Waals surface area contributed by atoms with E-state index in [0.717, 1.165) is 17.7 Å². The van der Waals surface area contributed by atoms with Crippen LogP contribution >= 0.6 is 0 Å². The Kier molecular flexibility index (Phi) is 3.36. The maximum Gasteiger partial charge on any atom is 0.307 e. The van der Waals surface area contributed by atoms with Crippen LogP contribution in [0.15, 0.2) is 0 Å². The highest BCUT2D eigenvalue weighted by Gasteiger charge is 2.38. The molecule has 1 aromatic rings. The van der Waals surface area contributed by atoms with Crippen molar-refractivity contribution in [3.8, 4) is 0 Å². The number of hydrogen-bond donors (Lipinski definition) is 3. The Morgan fingerprint density at radius 2 is 2.00 bits per heavy atom. The van der Waals surface area contributed by atoms with Crippen LogP contribution in [0.5, 0.6) is 0 Å². The second kappa shape index (κ2) is 4.80. The largest absolute Gasteiger partial charge is 0.481 e. The molecule has 0 bridgehead atoms. The van der Waals surface area contributed by atoms with Gasteiger partial charge in [-0.15, -0.1) is 0 Å². The molecule has 6 nitrogen and oxygen atoms in total. The maximum absolute atomic E-state index is 12.1. The number of aryl methyl sites for hydroxylation is 1. The Balaban J connectivity index is 2.08. The molecular formula is C12H17N3O3. The highest BCUT2D eigenvalue weighted by molar-refractivity contribution is 5.95. The fourth-order valence-electron chi connectivity index (χ4n) is 2.39. The van der Waals surface area contributed by atoms with Crippen LogP contribution in [0.2, 0.25) is 0 Å². The lowest BCUT2D eigenvalue weighted by Gasteiger charge is -2.14. The molecule has 6 heteroatoms. The number of anilines is 1. The van der Waals surface area contributed by atoms with Crippen LogP contribution < -0.4 is 5.32 Å². The monoisotopic (exact) mass is 251 g/mol. The fourth-order valence-corrected chi connectivity index (χ4v) is 2.39. The Morgan fingerprint density at radius 1 is 1.33 bits per heavy atom. The van der Waals surface area contributed by atoms with E-state index in [9.17, 15) is 9.59 Å². The van der Waals surface area contributed by atoms with Crippen molar-refractivity contribution in [3.05, 3.63) is 11.3 Å². The number of carbonyl (C=O) groups excluding carboxylic acids is 1. The van der Waals surface area contributed by atoms with Crippen LogP contribution in [0.25, 0.3) is 0 Å². The Hall–Kier alpha value is -1.85. The molecule has 0 saturated heterocycles. The van der Waals surface area contributed by atoms with E-state index in [1.807, 2.05) is 13.8 Å². The number of hydrogen-bond acceptors (Lipinski definition) is 3. The molecule has 0 radical (unpaired) electrons. The van der Waals surface area contributed by atoms with Crippen molar-refractivity contribution in [2.45, 2.75) is 33.1 Å². The topological polar surface area (TPSA) is 95.1 Å². The van der Waals surface area contributed by atoms with Gasteiger partial charge in [-0.1, -0.05) is 6.42 Å². The van der Waals surface area contributed by atoms with Gasteiger partial charge in [0.15, 0.2) is 5.82 Å². The molecule has 2 rings (SSSR count). The summed E-state index contributed by atoms with van der Waals surface area (Å²) < 4.78 is 0. The van der Waals surface area contributed by atoms with Gasteiger partial charge in [0.1, 0.15) is 0 Å². The van der Waals surface area contributed by atoms with E-state index >= 15 is 0 Å². The molecule has 18 heavy (non-hydrogen) atoms. The van der Waals surface area contributed by atoms with Gasteiger partial charge >= 0.3 is 5.97 Å². The van der Waals surface area contributed by atoms with E-state index in [2.05, 4.69) is 15.5 Å². The number of aromatic amines is 1. The first-order valence-corrected chi connectivity index (χ1v) is 6.06. The Bertz CT molecular complexity index is 481. The quantitative estimate of drug-likeness (QED) is 0.758. The van der Waals surface area contributed by atoms with Crippen molar-refractivity contribution >= 4 is 17.7 Å². The van der Waals surface area contributed by atoms with Gasteiger partial charge in [0.2, 0.25) is 5.91 Å². The standard InChI is InChI=1S/C12H17N3O3/c1-6-7(2)14-15-10(6)13-11(16)8-4-3-5-9(8)12(17)18/h8-9H,3-5H2,1-2H3,(H,17,18)(H2,13,14,15,16). The normalized spacial score (nSPS) is 23.0. The molecule has 98 valence electrons. The second-order valence-corrected chi connectivity index (χ2v) is 4.79. The molecule has 1 heterocycles. The lowest BCUT2D eigenvalue weighted by Crippen LogP contribution is -2.30. The van der Waals surface area contributed by atoms with Crippen molar-refractivity contribution in [3.63, 3.8) is 0 Å².